The molecule has 26 heavy (non-hydrogen) atoms. The van der Waals surface area contributed by atoms with Gasteiger partial charge in [-0.25, -0.2) is 4.79 Å². The number of ether oxygens (including phenoxy) is 1. The normalized spacial score (nSPS) is 12.5. The average molecular weight is 365 g/mol. The Kier molecular flexibility index (Phi) is 8.23. The lowest BCUT2D eigenvalue weighted by molar-refractivity contribution is -0.904. The fraction of sp³-hybridized carbons (Fsp3) is 0.412. The van der Waals surface area contributed by atoms with E-state index in [0.29, 0.717) is 22.8 Å². The third-order valence-electron chi connectivity index (χ3n) is 3.75. The van der Waals surface area contributed by atoms with E-state index in [1.807, 2.05) is 6.92 Å². The second kappa shape index (κ2) is 10.1. The molecular formula is C17H25N4O5+. The highest BCUT2D eigenvalue weighted by atomic mass is 16.5. The van der Waals surface area contributed by atoms with E-state index in [1.165, 1.54) is 14.0 Å². The second-order valence-corrected chi connectivity index (χ2v) is 5.70. The van der Waals surface area contributed by atoms with Crippen molar-refractivity contribution in [3.63, 3.8) is 0 Å². The summed E-state index contributed by atoms with van der Waals surface area (Å²) < 4.78 is 4.39. The molecule has 0 saturated heterocycles. The van der Waals surface area contributed by atoms with Crippen LogP contribution >= 0.6 is 0 Å². The minimum atomic E-state index is -0.832. The number of hydrogen-bond acceptors (Lipinski definition) is 5. The summed E-state index contributed by atoms with van der Waals surface area (Å²) in [7, 11) is 1.17. The molecule has 0 radical (unpaired) electrons. The maximum Gasteiger partial charge on any atom is 0.413 e. The molecule has 4 amide bonds. The average Bonchev–Trinajstić information content (AvgIpc) is 2.60. The first-order valence-electron chi connectivity index (χ1n) is 8.17. The first kappa shape index (κ1) is 21.1. The highest BCUT2D eigenvalue weighted by Crippen LogP contribution is 2.13. The SMILES string of the molecule is CC[NH+](CC(=O)Nc1ccc(NC(C)=O)cc1)[C@@H](C)C(=O)NC(=O)OC. The molecule has 142 valence electrons. The molecule has 0 aromatic heterocycles. The van der Waals surface area contributed by atoms with E-state index in [1.54, 1.807) is 31.2 Å². The number of likely N-dealkylation sites (N-methyl/N-ethyl adjacent to an activating group) is 1. The molecule has 4 N–H and O–H groups in total. The second-order valence-electron chi connectivity index (χ2n) is 5.70. The van der Waals surface area contributed by atoms with E-state index < -0.39 is 18.0 Å². The molecule has 0 bridgehead atoms. The van der Waals surface area contributed by atoms with Gasteiger partial charge >= 0.3 is 6.09 Å². The summed E-state index contributed by atoms with van der Waals surface area (Å²) in [6, 6.07) is 6.08. The van der Waals surface area contributed by atoms with Crippen LogP contribution in [0.3, 0.4) is 0 Å². The summed E-state index contributed by atoms with van der Waals surface area (Å²) in [6.07, 6.45) is -0.832. The van der Waals surface area contributed by atoms with Crippen LogP contribution in [-0.2, 0) is 19.1 Å². The first-order chi connectivity index (χ1) is 12.3. The molecule has 9 heteroatoms. The minimum Gasteiger partial charge on any atom is -0.453 e. The van der Waals surface area contributed by atoms with Crippen molar-refractivity contribution in [1.29, 1.82) is 0 Å². The van der Waals surface area contributed by atoms with Crippen molar-refractivity contribution in [3.8, 4) is 0 Å². The van der Waals surface area contributed by atoms with Gasteiger partial charge in [0.25, 0.3) is 11.8 Å². The van der Waals surface area contributed by atoms with E-state index >= 15 is 0 Å². The van der Waals surface area contributed by atoms with Crippen molar-refractivity contribution in [2.75, 3.05) is 30.8 Å². The molecule has 1 unspecified atom stereocenters. The fourth-order valence-electron chi connectivity index (χ4n) is 2.28. The number of benzene rings is 1. The largest absolute Gasteiger partial charge is 0.453 e. The van der Waals surface area contributed by atoms with Crippen LogP contribution in [0.1, 0.15) is 20.8 Å². The van der Waals surface area contributed by atoms with Gasteiger partial charge in [0.2, 0.25) is 5.91 Å². The number of carbonyl (C=O) groups excluding carboxylic acids is 4. The Labute approximate surface area is 152 Å². The maximum atomic E-state index is 12.2. The van der Waals surface area contributed by atoms with Crippen molar-refractivity contribution in [2.45, 2.75) is 26.8 Å². The summed E-state index contributed by atoms with van der Waals surface area (Å²) in [4.78, 5) is 47.0. The third-order valence-corrected chi connectivity index (χ3v) is 3.75. The zero-order valence-electron chi connectivity index (χ0n) is 15.3. The van der Waals surface area contributed by atoms with Gasteiger partial charge in [-0.15, -0.1) is 0 Å². The monoisotopic (exact) mass is 365 g/mol. The van der Waals surface area contributed by atoms with Gasteiger partial charge in [-0.2, -0.15) is 0 Å². The Bertz CT molecular complexity index is 660. The van der Waals surface area contributed by atoms with Crippen LogP contribution in [0.5, 0.6) is 0 Å². The molecule has 0 saturated carbocycles. The number of methoxy groups -OCH3 is 1. The van der Waals surface area contributed by atoms with Crippen molar-refractivity contribution in [1.82, 2.24) is 5.32 Å². The van der Waals surface area contributed by atoms with Gasteiger partial charge in [-0.1, -0.05) is 0 Å². The summed E-state index contributed by atoms with van der Waals surface area (Å²) in [5, 5.41) is 7.48. The highest BCUT2D eigenvalue weighted by Gasteiger charge is 2.27. The van der Waals surface area contributed by atoms with Crippen molar-refractivity contribution in [2.24, 2.45) is 0 Å². The number of quaternary nitrogens is 1. The molecule has 0 spiro atoms. The van der Waals surface area contributed by atoms with E-state index in [0.717, 1.165) is 0 Å². The van der Waals surface area contributed by atoms with E-state index in [9.17, 15) is 19.2 Å². The van der Waals surface area contributed by atoms with Crippen LogP contribution in [0, 0.1) is 0 Å². The number of amides is 4. The molecule has 0 fully saturated rings. The van der Waals surface area contributed by atoms with Crippen molar-refractivity contribution in [3.05, 3.63) is 24.3 Å². The van der Waals surface area contributed by atoms with Crippen LogP contribution in [0.15, 0.2) is 24.3 Å². The zero-order valence-corrected chi connectivity index (χ0v) is 15.3. The van der Waals surface area contributed by atoms with E-state index in [4.69, 9.17) is 0 Å². The van der Waals surface area contributed by atoms with E-state index in [2.05, 4.69) is 20.7 Å². The Morgan fingerprint density at radius 1 is 1.08 bits per heavy atom. The van der Waals surface area contributed by atoms with Gasteiger partial charge in [0.05, 0.1) is 13.7 Å². The Balaban J connectivity index is 2.62. The number of anilines is 2. The van der Waals surface area contributed by atoms with Gasteiger partial charge in [0.1, 0.15) is 0 Å². The van der Waals surface area contributed by atoms with Gasteiger partial charge in [0.15, 0.2) is 12.6 Å². The number of hydrogen-bond donors (Lipinski definition) is 4. The van der Waals surface area contributed by atoms with Crippen LogP contribution in [0.2, 0.25) is 0 Å². The summed E-state index contributed by atoms with van der Waals surface area (Å²) in [5.74, 6) is -0.962. The Morgan fingerprint density at radius 3 is 2.08 bits per heavy atom. The van der Waals surface area contributed by atoms with Gasteiger partial charge in [0, 0.05) is 18.3 Å². The number of carbonyl (C=O) groups is 4. The topological polar surface area (TPSA) is 118 Å². The van der Waals surface area contributed by atoms with Crippen LogP contribution in [-0.4, -0.2) is 50.1 Å². The quantitative estimate of drug-likeness (QED) is 0.532. The number of imide groups is 1. The molecular weight excluding hydrogens is 340 g/mol. The molecule has 1 aromatic carbocycles. The number of nitrogens with one attached hydrogen (secondary N) is 4. The maximum absolute atomic E-state index is 12.2. The van der Waals surface area contributed by atoms with Crippen molar-refractivity contribution < 1.29 is 28.8 Å². The van der Waals surface area contributed by atoms with Gasteiger partial charge in [-0.05, 0) is 38.1 Å². The zero-order chi connectivity index (χ0) is 19.7. The van der Waals surface area contributed by atoms with E-state index in [-0.39, 0.29) is 18.4 Å². The minimum absolute atomic E-state index is 0.0553. The molecule has 1 rings (SSSR count). The lowest BCUT2D eigenvalue weighted by atomic mass is 10.2. The third kappa shape index (κ3) is 6.89. The van der Waals surface area contributed by atoms with Gasteiger partial charge in [-0.3, -0.25) is 19.7 Å². The van der Waals surface area contributed by atoms with Crippen LogP contribution in [0.25, 0.3) is 0 Å². The molecule has 0 aliphatic rings. The van der Waals surface area contributed by atoms with Crippen LogP contribution < -0.4 is 20.9 Å². The predicted octanol–water partition coefficient (Wildman–Crippen LogP) is -0.241. The van der Waals surface area contributed by atoms with Crippen molar-refractivity contribution >= 4 is 35.2 Å². The molecule has 1 aromatic rings. The molecule has 0 heterocycles. The van der Waals surface area contributed by atoms with Crippen LogP contribution in [0.4, 0.5) is 16.2 Å². The molecule has 0 aliphatic heterocycles. The first-order valence-corrected chi connectivity index (χ1v) is 8.17. The Morgan fingerprint density at radius 2 is 1.62 bits per heavy atom. The van der Waals surface area contributed by atoms with Gasteiger partial charge < -0.3 is 20.3 Å². The highest BCUT2D eigenvalue weighted by molar-refractivity contribution is 5.95. The smallest absolute Gasteiger partial charge is 0.413 e. The summed E-state index contributed by atoms with van der Waals surface area (Å²) in [5.41, 5.74) is 1.20. The number of rotatable bonds is 7. The molecule has 9 nitrogen and oxygen atoms in total. The number of alkyl carbamates (subject to hydrolysis) is 1. The predicted molar refractivity (Wildman–Crippen MR) is 95.8 cm³/mol. The standard InChI is InChI=1S/C17H24N4O5/c1-5-21(11(2)16(24)20-17(25)26-4)10-15(23)19-14-8-6-13(7-9-14)18-12(3)22/h6-9,11H,5,10H2,1-4H3,(H,18,22)(H,19,23)(H,20,24,25)/p+1/t11-/m0/s1. The lowest BCUT2D eigenvalue weighted by Crippen LogP contribution is -3.17. The lowest BCUT2D eigenvalue weighted by Gasteiger charge is -2.23. The molecule has 0 aliphatic carbocycles. The molecule has 2 atom stereocenters. The summed E-state index contributed by atoms with van der Waals surface area (Å²) in [6.45, 7) is 5.46. The summed E-state index contributed by atoms with van der Waals surface area (Å²) >= 11 is 0. The fourth-order valence-corrected chi connectivity index (χ4v) is 2.28. The Hall–Kier alpha value is -2.94.